The molecular weight excluding hydrogens is 158 g/mol. The van der Waals surface area contributed by atoms with Crippen molar-refractivity contribution in [2.75, 3.05) is 7.11 Å². The Morgan fingerprint density at radius 3 is 2.83 bits per heavy atom. The molecule has 0 amide bonds. The molecule has 2 N–H and O–H groups in total. The summed E-state index contributed by atoms with van der Waals surface area (Å²) in [7, 11) is 1.62. The van der Waals surface area contributed by atoms with Crippen LogP contribution in [0.5, 0.6) is 0 Å². The first-order chi connectivity index (χ1) is 5.81. The van der Waals surface area contributed by atoms with Gasteiger partial charge in [-0.1, -0.05) is 12.1 Å². The van der Waals surface area contributed by atoms with Crippen molar-refractivity contribution in [1.29, 1.82) is 0 Å². The SMILES string of the molecule is CCC(OC)c1noc(CN)n1. The van der Waals surface area contributed by atoms with Gasteiger partial charge in [0.05, 0.1) is 6.54 Å². The second-order valence-corrected chi connectivity index (χ2v) is 2.38. The molecule has 0 aliphatic rings. The molecule has 0 aromatic carbocycles. The van der Waals surface area contributed by atoms with E-state index in [1.165, 1.54) is 0 Å². The van der Waals surface area contributed by atoms with E-state index in [2.05, 4.69) is 10.1 Å². The predicted octanol–water partition coefficient (Wildman–Crippen LogP) is 0.626. The van der Waals surface area contributed by atoms with Crippen LogP contribution in [0.4, 0.5) is 0 Å². The number of rotatable bonds is 4. The van der Waals surface area contributed by atoms with Crippen molar-refractivity contribution in [2.45, 2.75) is 26.0 Å². The van der Waals surface area contributed by atoms with Gasteiger partial charge in [-0.25, -0.2) is 0 Å². The smallest absolute Gasteiger partial charge is 0.240 e. The Labute approximate surface area is 70.9 Å². The number of methoxy groups -OCH3 is 1. The maximum absolute atomic E-state index is 5.31. The minimum atomic E-state index is -0.0888. The third-order valence-corrected chi connectivity index (χ3v) is 1.60. The van der Waals surface area contributed by atoms with Crippen molar-refractivity contribution < 1.29 is 9.26 Å². The average molecular weight is 171 g/mol. The molecule has 0 aliphatic heterocycles. The third kappa shape index (κ3) is 1.80. The summed E-state index contributed by atoms with van der Waals surface area (Å²) in [5.74, 6) is 1.01. The monoisotopic (exact) mass is 171 g/mol. The first kappa shape index (κ1) is 9.15. The van der Waals surface area contributed by atoms with E-state index in [0.29, 0.717) is 11.7 Å². The molecule has 0 saturated carbocycles. The van der Waals surface area contributed by atoms with E-state index in [-0.39, 0.29) is 12.6 Å². The summed E-state index contributed by atoms with van der Waals surface area (Å²) in [4.78, 5) is 4.04. The highest BCUT2D eigenvalue weighted by Gasteiger charge is 2.14. The van der Waals surface area contributed by atoms with Crippen LogP contribution in [0.1, 0.15) is 31.2 Å². The van der Waals surface area contributed by atoms with Crippen LogP contribution in [-0.2, 0) is 11.3 Å². The van der Waals surface area contributed by atoms with E-state index in [9.17, 15) is 0 Å². The van der Waals surface area contributed by atoms with Gasteiger partial charge in [0.2, 0.25) is 11.7 Å². The summed E-state index contributed by atoms with van der Waals surface area (Å²) >= 11 is 0. The summed E-state index contributed by atoms with van der Waals surface area (Å²) in [5.41, 5.74) is 5.31. The van der Waals surface area contributed by atoms with E-state index >= 15 is 0 Å². The second-order valence-electron chi connectivity index (χ2n) is 2.38. The van der Waals surface area contributed by atoms with E-state index in [0.717, 1.165) is 6.42 Å². The Hall–Kier alpha value is -0.940. The number of aromatic nitrogens is 2. The molecule has 1 unspecified atom stereocenters. The van der Waals surface area contributed by atoms with Crippen molar-refractivity contribution >= 4 is 0 Å². The quantitative estimate of drug-likeness (QED) is 0.719. The number of nitrogens with zero attached hydrogens (tertiary/aromatic N) is 2. The van der Waals surface area contributed by atoms with Crippen molar-refractivity contribution in [3.63, 3.8) is 0 Å². The molecule has 1 rings (SSSR count). The van der Waals surface area contributed by atoms with E-state index in [4.69, 9.17) is 15.0 Å². The molecule has 0 bridgehead atoms. The van der Waals surface area contributed by atoms with Crippen LogP contribution >= 0.6 is 0 Å². The standard InChI is InChI=1S/C7H13N3O2/c1-3-5(11-2)7-9-6(4-8)12-10-7/h5H,3-4,8H2,1-2H3. The zero-order chi connectivity index (χ0) is 8.97. The van der Waals surface area contributed by atoms with Gasteiger partial charge in [0, 0.05) is 7.11 Å². The molecule has 0 spiro atoms. The molecular formula is C7H13N3O2. The topological polar surface area (TPSA) is 74.2 Å². The van der Waals surface area contributed by atoms with Gasteiger partial charge in [-0.05, 0) is 6.42 Å². The fraction of sp³-hybridized carbons (Fsp3) is 0.714. The zero-order valence-corrected chi connectivity index (χ0v) is 7.28. The minimum absolute atomic E-state index is 0.0888. The maximum Gasteiger partial charge on any atom is 0.240 e. The molecule has 5 nitrogen and oxygen atoms in total. The van der Waals surface area contributed by atoms with Gasteiger partial charge in [0.1, 0.15) is 6.10 Å². The molecule has 1 heterocycles. The van der Waals surface area contributed by atoms with E-state index in [1.807, 2.05) is 6.92 Å². The third-order valence-electron chi connectivity index (χ3n) is 1.60. The number of nitrogens with two attached hydrogens (primary N) is 1. The molecule has 68 valence electrons. The lowest BCUT2D eigenvalue weighted by molar-refractivity contribution is 0.0903. The summed E-state index contributed by atoms with van der Waals surface area (Å²) < 4.78 is 9.95. The highest BCUT2D eigenvalue weighted by atomic mass is 16.5. The van der Waals surface area contributed by atoms with Crippen molar-refractivity contribution in [3.05, 3.63) is 11.7 Å². The molecule has 0 fully saturated rings. The lowest BCUT2D eigenvalue weighted by Crippen LogP contribution is -2.03. The molecule has 0 saturated heterocycles. The first-order valence-electron chi connectivity index (χ1n) is 3.87. The van der Waals surface area contributed by atoms with Gasteiger partial charge in [0.15, 0.2) is 0 Å². The Bertz CT molecular complexity index is 232. The fourth-order valence-corrected chi connectivity index (χ4v) is 0.936. The van der Waals surface area contributed by atoms with Crippen molar-refractivity contribution in [2.24, 2.45) is 5.73 Å². The molecule has 5 heteroatoms. The Morgan fingerprint density at radius 1 is 1.67 bits per heavy atom. The zero-order valence-electron chi connectivity index (χ0n) is 7.28. The van der Waals surface area contributed by atoms with Crippen LogP contribution in [0, 0.1) is 0 Å². The predicted molar refractivity (Wildman–Crippen MR) is 42.2 cm³/mol. The fourth-order valence-electron chi connectivity index (χ4n) is 0.936. The van der Waals surface area contributed by atoms with Gasteiger partial charge in [-0.3, -0.25) is 0 Å². The van der Waals surface area contributed by atoms with Gasteiger partial charge < -0.3 is 15.0 Å². The Balaban J connectivity index is 2.72. The number of hydrogen-bond donors (Lipinski definition) is 1. The first-order valence-corrected chi connectivity index (χ1v) is 3.87. The van der Waals surface area contributed by atoms with Crippen LogP contribution in [0.2, 0.25) is 0 Å². The Morgan fingerprint density at radius 2 is 2.42 bits per heavy atom. The van der Waals surface area contributed by atoms with Crippen LogP contribution in [0.15, 0.2) is 4.52 Å². The molecule has 1 aromatic heterocycles. The normalized spacial score (nSPS) is 13.2. The maximum atomic E-state index is 5.31. The van der Waals surface area contributed by atoms with Gasteiger partial charge >= 0.3 is 0 Å². The van der Waals surface area contributed by atoms with Crippen LogP contribution in [-0.4, -0.2) is 17.3 Å². The summed E-state index contributed by atoms with van der Waals surface area (Å²) in [5, 5.41) is 3.74. The van der Waals surface area contributed by atoms with Crippen LogP contribution < -0.4 is 5.73 Å². The lowest BCUT2D eigenvalue weighted by atomic mass is 10.3. The average Bonchev–Trinajstić information content (AvgIpc) is 2.55. The van der Waals surface area contributed by atoms with Crippen molar-refractivity contribution in [3.8, 4) is 0 Å². The lowest BCUT2D eigenvalue weighted by Gasteiger charge is -2.05. The second kappa shape index (κ2) is 4.18. The number of ether oxygens (including phenoxy) is 1. The molecule has 0 radical (unpaired) electrons. The molecule has 1 atom stereocenters. The van der Waals surface area contributed by atoms with Gasteiger partial charge in [-0.15, -0.1) is 0 Å². The van der Waals surface area contributed by atoms with E-state index in [1.54, 1.807) is 7.11 Å². The molecule has 1 aromatic rings. The van der Waals surface area contributed by atoms with E-state index < -0.39 is 0 Å². The highest BCUT2D eigenvalue weighted by molar-refractivity contribution is 4.90. The van der Waals surface area contributed by atoms with Crippen LogP contribution in [0.25, 0.3) is 0 Å². The summed E-state index contributed by atoms with van der Waals surface area (Å²) in [6, 6.07) is 0. The Kier molecular flexibility index (Phi) is 3.19. The highest BCUT2D eigenvalue weighted by Crippen LogP contribution is 2.15. The van der Waals surface area contributed by atoms with Gasteiger partial charge in [-0.2, -0.15) is 4.98 Å². The summed E-state index contributed by atoms with van der Waals surface area (Å²) in [6.45, 7) is 2.26. The molecule has 12 heavy (non-hydrogen) atoms. The summed E-state index contributed by atoms with van der Waals surface area (Å²) in [6.07, 6.45) is 0.731. The van der Waals surface area contributed by atoms with Gasteiger partial charge in [0.25, 0.3) is 0 Å². The number of hydrogen-bond acceptors (Lipinski definition) is 5. The van der Waals surface area contributed by atoms with Crippen LogP contribution in [0.3, 0.4) is 0 Å². The largest absolute Gasteiger partial charge is 0.373 e. The molecule has 0 aliphatic carbocycles. The minimum Gasteiger partial charge on any atom is -0.373 e. The van der Waals surface area contributed by atoms with Crippen molar-refractivity contribution in [1.82, 2.24) is 10.1 Å².